The highest BCUT2D eigenvalue weighted by molar-refractivity contribution is 5.22. The van der Waals surface area contributed by atoms with Gasteiger partial charge in [0, 0.05) is 11.3 Å². The van der Waals surface area contributed by atoms with Gasteiger partial charge in [-0.1, -0.05) is 31.2 Å². The number of nitrogens with zero attached hydrogens (tertiary/aromatic N) is 1. The van der Waals surface area contributed by atoms with Crippen LogP contribution in [0.4, 0.5) is 4.39 Å². The van der Waals surface area contributed by atoms with Crippen LogP contribution in [0.2, 0.25) is 0 Å². The van der Waals surface area contributed by atoms with Crippen LogP contribution in [0.1, 0.15) is 24.5 Å². The van der Waals surface area contributed by atoms with E-state index >= 15 is 0 Å². The summed E-state index contributed by atoms with van der Waals surface area (Å²) in [5.74, 6) is 0. The Morgan fingerprint density at radius 2 is 1.89 bits per heavy atom. The molecule has 1 N–H and O–H groups in total. The number of aliphatic hydroxyl groups is 1. The normalized spacial score (nSPS) is 14.2. The zero-order valence-corrected chi connectivity index (χ0v) is 10.4. The highest BCUT2D eigenvalue weighted by Crippen LogP contribution is 2.19. The topological polar surface area (TPSA) is 63.4 Å². The molecule has 18 heavy (non-hydrogen) atoms. The molecule has 1 aromatic rings. The van der Waals surface area contributed by atoms with E-state index in [0.717, 1.165) is 12.0 Å². The molecule has 0 fully saturated rings. The molecule has 0 bridgehead atoms. The maximum Gasteiger partial charge on any atom is 0.272 e. The standard InChI is InChI=1S/C13H18FNO3/c1-2-11-3-5-12(6-4-11)7-8-13(9-14,10-16)15(17)18/h3-6,16H,2,7-10H2,1H3. The molecule has 0 saturated heterocycles. The zero-order valence-electron chi connectivity index (χ0n) is 10.4. The average Bonchev–Trinajstić information content (AvgIpc) is 2.41. The number of hydrogen-bond donors (Lipinski definition) is 1. The SMILES string of the molecule is CCc1ccc(CCC(CO)(CF)[N+](=O)[O-])cc1. The van der Waals surface area contributed by atoms with Crippen LogP contribution in [-0.2, 0) is 12.8 Å². The molecule has 5 heteroatoms. The molecule has 0 aromatic heterocycles. The molecule has 0 spiro atoms. The van der Waals surface area contributed by atoms with Crippen LogP contribution in [0.15, 0.2) is 24.3 Å². The van der Waals surface area contributed by atoms with E-state index in [1.165, 1.54) is 5.56 Å². The maximum absolute atomic E-state index is 12.8. The quantitative estimate of drug-likeness (QED) is 0.600. The van der Waals surface area contributed by atoms with Crippen molar-refractivity contribution in [2.45, 2.75) is 31.7 Å². The largest absolute Gasteiger partial charge is 0.389 e. The van der Waals surface area contributed by atoms with E-state index in [9.17, 15) is 14.5 Å². The molecule has 0 heterocycles. The highest BCUT2D eigenvalue weighted by Gasteiger charge is 2.42. The van der Waals surface area contributed by atoms with Gasteiger partial charge in [-0.25, -0.2) is 4.39 Å². The number of aliphatic hydroxyl groups excluding tert-OH is 1. The van der Waals surface area contributed by atoms with Gasteiger partial charge in [0.05, 0.1) is 0 Å². The second kappa shape index (κ2) is 6.44. The van der Waals surface area contributed by atoms with E-state index in [2.05, 4.69) is 0 Å². The summed E-state index contributed by atoms with van der Waals surface area (Å²) in [5, 5.41) is 19.8. The molecule has 100 valence electrons. The van der Waals surface area contributed by atoms with E-state index in [4.69, 9.17) is 5.11 Å². The number of hydrogen-bond acceptors (Lipinski definition) is 3. The molecule has 0 amide bonds. The molecule has 1 atom stereocenters. The van der Waals surface area contributed by atoms with Gasteiger partial charge < -0.3 is 5.11 Å². The van der Waals surface area contributed by atoms with Crippen molar-refractivity contribution in [1.29, 1.82) is 0 Å². The summed E-state index contributed by atoms with van der Waals surface area (Å²) in [6.45, 7) is 0.120. The molecule has 0 saturated carbocycles. The molecule has 1 aromatic carbocycles. The molecule has 0 aliphatic carbocycles. The minimum absolute atomic E-state index is 0.00152. The third-order valence-electron chi connectivity index (χ3n) is 3.24. The number of halogens is 1. The van der Waals surface area contributed by atoms with Gasteiger partial charge in [0.2, 0.25) is 0 Å². The van der Waals surface area contributed by atoms with Crippen molar-refractivity contribution in [3.63, 3.8) is 0 Å². The lowest BCUT2D eigenvalue weighted by atomic mass is 9.93. The van der Waals surface area contributed by atoms with Crippen LogP contribution in [0.25, 0.3) is 0 Å². The predicted molar refractivity (Wildman–Crippen MR) is 66.9 cm³/mol. The number of rotatable bonds is 7. The summed E-state index contributed by atoms with van der Waals surface area (Å²) in [6.07, 6.45) is 1.31. The van der Waals surface area contributed by atoms with Gasteiger partial charge in [-0.3, -0.25) is 10.1 Å². The molecule has 0 aliphatic heterocycles. The van der Waals surface area contributed by atoms with Gasteiger partial charge >= 0.3 is 0 Å². The third-order valence-corrected chi connectivity index (χ3v) is 3.24. The highest BCUT2D eigenvalue weighted by atomic mass is 19.1. The van der Waals surface area contributed by atoms with Crippen molar-refractivity contribution in [2.24, 2.45) is 0 Å². The lowest BCUT2D eigenvalue weighted by Crippen LogP contribution is -2.44. The van der Waals surface area contributed by atoms with Crippen molar-refractivity contribution >= 4 is 0 Å². The van der Waals surface area contributed by atoms with Crippen LogP contribution in [-0.4, -0.2) is 28.9 Å². The van der Waals surface area contributed by atoms with Gasteiger partial charge in [0.15, 0.2) is 6.67 Å². The Kier molecular flexibility index (Phi) is 5.22. The van der Waals surface area contributed by atoms with Gasteiger partial charge in [0.1, 0.15) is 6.61 Å². The minimum atomic E-state index is -1.86. The van der Waals surface area contributed by atoms with Crippen LogP contribution >= 0.6 is 0 Å². The van der Waals surface area contributed by atoms with Crippen LogP contribution < -0.4 is 0 Å². The van der Waals surface area contributed by atoms with Crippen LogP contribution in [0, 0.1) is 10.1 Å². The summed E-state index contributed by atoms with van der Waals surface area (Å²) >= 11 is 0. The van der Waals surface area contributed by atoms with Crippen LogP contribution in [0.3, 0.4) is 0 Å². The first-order chi connectivity index (χ1) is 8.57. The van der Waals surface area contributed by atoms with E-state index in [1.807, 2.05) is 31.2 Å². The Balaban J connectivity index is 2.69. The monoisotopic (exact) mass is 255 g/mol. The first-order valence-corrected chi connectivity index (χ1v) is 5.97. The van der Waals surface area contributed by atoms with Gasteiger partial charge in [-0.2, -0.15) is 0 Å². The van der Waals surface area contributed by atoms with E-state index in [0.29, 0.717) is 6.42 Å². The van der Waals surface area contributed by atoms with Crippen molar-refractivity contribution in [3.05, 3.63) is 45.5 Å². The summed E-state index contributed by atoms with van der Waals surface area (Å²) in [7, 11) is 0. The Morgan fingerprint density at radius 1 is 1.33 bits per heavy atom. The molecular weight excluding hydrogens is 237 g/mol. The number of nitro groups is 1. The Bertz CT molecular complexity index is 388. The van der Waals surface area contributed by atoms with Crippen molar-refractivity contribution in [2.75, 3.05) is 13.3 Å². The van der Waals surface area contributed by atoms with Gasteiger partial charge in [0.25, 0.3) is 5.54 Å². The maximum atomic E-state index is 12.8. The second-order valence-corrected chi connectivity index (χ2v) is 4.44. The van der Waals surface area contributed by atoms with Gasteiger partial charge in [-0.15, -0.1) is 0 Å². The van der Waals surface area contributed by atoms with E-state index in [-0.39, 0.29) is 6.42 Å². The van der Waals surface area contributed by atoms with Crippen LogP contribution in [0.5, 0.6) is 0 Å². The summed E-state index contributed by atoms with van der Waals surface area (Å²) in [6, 6.07) is 7.69. The Labute approximate surface area is 106 Å². The lowest BCUT2D eigenvalue weighted by Gasteiger charge is -2.19. The second-order valence-electron chi connectivity index (χ2n) is 4.44. The number of aryl methyl sites for hydroxylation is 2. The van der Waals surface area contributed by atoms with E-state index in [1.54, 1.807) is 0 Å². The summed E-state index contributed by atoms with van der Waals surface area (Å²) in [4.78, 5) is 10.1. The number of benzene rings is 1. The summed E-state index contributed by atoms with van der Waals surface area (Å²) in [5.41, 5.74) is 0.246. The first-order valence-electron chi connectivity index (χ1n) is 5.97. The molecule has 0 radical (unpaired) electrons. The van der Waals surface area contributed by atoms with Crippen molar-refractivity contribution < 1.29 is 14.4 Å². The average molecular weight is 255 g/mol. The predicted octanol–water partition coefficient (Wildman–Crippen LogP) is 2.16. The molecule has 4 nitrogen and oxygen atoms in total. The fourth-order valence-corrected chi connectivity index (χ4v) is 1.70. The summed E-state index contributed by atoms with van der Waals surface area (Å²) < 4.78 is 12.8. The molecular formula is C13H18FNO3. The molecule has 1 rings (SSSR count). The van der Waals surface area contributed by atoms with E-state index < -0.39 is 23.7 Å². The molecule has 1 unspecified atom stereocenters. The van der Waals surface area contributed by atoms with Crippen molar-refractivity contribution in [1.82, 2.24) is 0 Å². The Hall–Kier alpha value is -1.49. The van der Waals surface area contributed by atoms with Crippen molar-refractivity contribution in [3.8, 4) is 0 Å². The fourth-order valence-electron chi connectivity index (χ4n) is 1.70. The zero-order chi connectivity index (χ0) is 13.6. The number of alkyl halides is 1. The minimum Gasteiger partial charge on any atom is -0.389 e. The first kappa shape index (κ1) is 14.6. The molecule has 0 aliphatic rings. The lowest BCUT2D eigenvalue weighted by molar-refractivity contribution is -0.576. The smallest absolute Gasteiger partial charge is 0.272 e. The third kappa shape index (κ3) is 3.26. The Morgan fingerprint density at radius 3 is 2.28 bits per heavy atom. The van der Waals surface area contributed by atoms with Gasteiger partial charge in [-0.05, 0) is 24.0 Å². The fraction of sp³-hybridized carbons (Fsp3) is 0.538.